The van der Waals surface area contributed by atoms with Gasteiger partial charge in [0.25, 0.3) is 5.91 Å². The molecule has 2 atom stereocenters. The molecule has 1 aliphatic rings. The zero-order chi connectivity index (χ0) is 12.3. The molecule has 3 nitrogen and oxygen atoms in total. The Balaban J connectivity index is 1.97. The number of alkyl halides is 1. The van der Waals surface area contributed by atoms with E-state index >= 15 is 0 Å². The van der Waals surface area contributed by atoms with E-state index in [1.807, 2.05) is 0 Å². The van der Waals surface area contributed by atoms with Crippen LogP contribution >= 0.6 is 23.2 Å². The minimum atomic E-state index is -0.209. The Morgan fingerprint density at radius 3 is 2.82 bits per heavy atom. The molecule has 0 bridgehead atoms. The van der Waals surface area contributed by atoms with Gasteiger partial charge in [-0.25, -0.2) is 0 Å². The number of carbonyl (C=O) groups excluding carboxylic acids is 1. The lowest BCUT2D eigenvalue weighted by atomic mass is 9.86. The second-order valence-electron chi connectivity index (χ2n) is 4.38. The highest BCUT2D eigenvalue weighted by Gasteiger charge is 2.26. The summed E-state index contributed by atoms with van der Waals surface area (Å²) in [5, 5.41) is 3.20. The number of amides is 1. The highest BCUT2D eigenvalue weighted by Crippen LogP contribution is 2.26. The molecule has 1 aromatic rings. The molecule has 2 unspecified atom stereocenters. The molecule has 0 aliphatic heterocycles. The van der Waals surface area contributed by atoms with Crippen LogP contribution in [0.1, 0.15) is 36.2 Å². The predicted molar refractivity (Wildman–Crippen MR) is 67.7 cm³/mol. The van der Waals surface area contributed by atoms with E-state index in [1.165, 1.54) is 6.42 Å². The van der Waals surface area contributed by atoms with Crippen molar-refractivity contribution in [1.82, 2.24) is 5.32 Å². The lowest BCUT2D eigenvalue weighted by molar-refractivity contribution is 0.0883. The van der Waals surface area contributed by atoms with Crippen molar-refractivity contribution in [2.24, 2.45) is 5.92 Å². The van der Waals surface area contributed by atoms with Crippen LogP contribution in [0.3, 0.4) is 0 Å². The fraction of sp³-hybridized carbons (Fsp3) is 0.583. The topological polar surface area (TPSA) is 42.2 Å². The van der Waals surface area contributed by atoms with Gasteiger partial charge in [0, 0.05) is 11.9 Å². The van der Waals surface area contributed by atoms with Crippen LogP contribution in [0.4, 0.5) is 0 Å². The predicted octanol–water partition coefficient (Wildman–Crippen LogP) is 3.46. The van der Waals surface area contributed by atoms with Crippen LogP contribution in [0.15, 0.2) is 16.5 Å². The van der Waals surface area contributed by atoms with E-state index in [-0.39, 0.29) is 22.9 Å². The van der Waals surface area contributed by atoms with Gasteiger partial charge in [-0.05, 0) is 42.5 Å². The summed E-state index contributed by atoms with van der Waals surface area (Å²) < 4.78 is 5.08. The van der Waals surface area contributed by atoms with Gasteiger partial charge in [-0.1, -0.05) is 12.8 Å². The van der Waals surface area contributed by atoms with Crippen LogP contribution in [0.5, 0.6) is 0 Å². The molecule has 1 fully saturated rings. The molecule has 1 heterocycles. The number of carbonyl (C=O) groups is 1. The molecule has 17 heavy (non-hydrogen) atoms. The summed E-state index contributed by atoms with van der Waals surface area (Å²) in [5.41, 5.74) is 0. The van der Waals surface area contributed by atoms with Crippen molar-refractivity contribution in [3.8, 4) is 0 Å². The third-order valence-electron chi connectivity index (χ3n) is 3.22. The number of nitrogens with one attached hydrogen (secondary N) is 1. The summed E-state index contributed by atoms with van der Waals surface area (Å²) in [4.78, 5) is 11.9. The Labute approximate surface area is 110 Å². The Bertz CT molecular complexity index is 392. The summed E-state index contributed by atoms with van der Waals surface area (Å²) in [6, 6.07) is 3.30. The average molecular weight is 276 g/mol. The van der Waals surface area contributed by atoms with E-state index in [0.717, 1.165) is 19.3 Å². The van der Waals surface area contributed by atoms with Crippen LogP contribution in [-0.4, -0.2) is 17.8 Å². The quantitative estimate of drug-likeness (QED) is 0.859. The first-order chi connectivity index (χ1) is 8.20. The van der Waals surface area contributed by atoms with Gasteiger partial charge in [-0.15, -0.1) is 11.6 Å². The number of hydrogen-bond acceptors (Lipinski definition) is 2. The van der Waals surface area contributed by atoms with Crippen molar-refractivity contribution in [3.63, 3.8) is 0 Å². The van der Waals surface area contributed by atoms with E-state index in [1.54, 1.807) is 12.1 Å². The van der Waals surface area contributed by atoms with E-state index in [0.29, 0.717) is 11.8 Å². The molecule has 1 aliphatic carbocycles. The Morgan fingerprint density at radius 2 is 2.18 bits per heavy atom. The minimum Gasteiger partial charge on any atom is -0.440 e. The van der Waals surface area contributed by atoms with Crippen LogP contribution < -0.4 is 5.32 Å². The van der Waals surface area contributed by atoms with E-state index in [4.69, 9.17) is 27.6 Å². The molecule has 1 N–H and O–H groups in total. The smallest absolute Gasteiger partial charge is 0.287 e. The van der Waals surface area contributed by atoms with E-state index in [2.05, 4.69) is 5.32 Å². The van der Waals surface area contributed by atoms with Crippen molar-refractivity contribution in [1.29, 1.82) is 0 Å². The third-order valence-corrected chi connectivity index (χ3v) is 3.82. The largest absolute Gasteiger partial charge is 0.440 e. The van der Waals surface area contributed by atoms with E-state index < -0.39 is 0 Å². The number of hydrogen-bond donors (Lipinski definition) is 1. The summed E-state index contributed by atoms with van der Waals surface area (Å²) >= 11 is 11.5. The van der Waals surface area contributed by atoms with Crippen LogP contribution in [0.2, 0.25) is 5.22 Å². The van der Waals surface area contributed by atoms with Crippen molar-refractivity contribution in [3.05, 3.63) is 23.1 Å². The first-order valence-electron chi connectivity index (χ1n) is 5.83. The van der Waals surface area contributed by atoms with Crippen LogP contribution in [-0.2, 0) is 0 Å². The minimum absolute atomic E-state index is 0.151. The van der Waals surface area contributed by atoms with Gasteiger partial charge in [0.1, 0.15) is 0 Å². The van der Waals surface area contributed by atoms with Gasteiger partial charge in [-0.2, -0.15) is 0 Å². The fourth-order valence-electron chi connectivity index (χ4n) is 2.26. The first-order valence-corrected chi connectivity index (χ1v) is 6.74. The zero-order valence-electron chi connectivity index (χ0n) is 9.42. The molecule has 94 valence electrons. The highest BCUT2D eigenvalue weighted by molar-refractivity contribution is 6.29. The summed E-state index contributed by atoms with van der Waals surface area (Å²) in [5.74, 6) is 0.997. The molecule has 0 radical (unpaired) electrons. The van der Waals surface area contributed by atoms with Gasteiger partial charge in [0.05, 0.1) is 0 Å². The molecule has 1 amide bonds. The molecular formula is C12H15Cl2NO2. The second-order valence-corrected chi connectivity index (χ2v) is 5.06. The Morgan fingerprint density at radius 1 is 1.41 bits per heavy atom. The van der Waals surface area contributed by atoms with Gasteiger partial charge in [-0.3, -0.25) is 4.79 Å². The van der Waals surface area contributed by atoms with Gasteiger partial charge < -0.3 is 9.73 Å². The molecule has 2 rings (SSSR count). The SMILES string of the molecule is O=C(NC1CCCCC1CCl)c1ccc(Cl)o1. The van der Waals surface area contributed by atoms with Gasteiger partial charge >= 0.3 is 0 Å². The molecule has 5 heteroatoms. The third kappa shape index (κ3) is 3.17. The molecular weight excluding hydrogens is 261 g/mol. The highest BCUT2D eigenvalue weighted by atomic mass is 35.5. The maximum absolute atomic E-state index is 11.9. The monoisotopic (exact) mass is 275 g/mol. The summed E-state index contributed by atoms with van der Waals surface area (Å²) in [6.45, 7) is 0. The van der Waals surface area contributed by atoms with Crippen molar-refractivity contribution in [2.45, 2.75) is 31.7 Å². The number of halogens is 2. The second kappa shape index (κ2) is 5.78. The Hall–Kier alpha value is -0.670. The molecule has 1 saturated carbocycles. The number of rotatable bonds is 3. The van der Waals surface area contributed by atoms with Crippen LogP contribution in [0, 0.1) is 5.92 Å². The normalized spacial score (nSPS) is 24.6. The van der Waals surface area contributed by atoms with Gasteiger partial charge in [0.15, 0.2) is 11.0 Å². The van der Waals surface area contributed by atoms with Crippen LogP contribution in [0.25, 0.3) is 0 Å². The molecule has 0 saturated heterocycles. The maximum atomic E-state index is 11.9. The zero-order valence-corrected chi connectivity index (χ0v) is 10.9. The summed E-state index contributed by atoms with van der Waals surface area (Å²) in [7, 11) is 0. The summed E-state index contributed by atoms with van der Waals surface area (Å²) in [6.07, 6.45) is 4.39. The standard InChI is InChI=1S/C12H15Cl2NO2/c13-7-8-3-1-2-4-9(8)15-12(16)10-5-6-11(14)17-10/h5-6,8-9H,1-4,7H2,(H,15,16). The average Bonchev–Trinajstić information content (AvgIpc) is 2.77. The Kier molecular flexibility index (Phi) is 4.35. The van der Waals surface area contributed by atoms with Crippen molar-refractivity contribution < 1.29 is 9.21 Å². The lowest BCUT2D eigenvalue weighted by Gasteiger charge is -2.30. The number of furan rings is 1. The lowest BCUT2D eigenvalue weighted by Crippen LogP contribution is -2.42. The molecule has 1 aromatic heterocycles. The van der Waals surface area contributed by atoms with Crippen molar-refractivity contribution in [2.75, 3.05) is 5.88 Å². The molecule has 0 aromatic carbocycles. The fourth-order valence-corrected chi connectivity index (χ4v) is 2.77. The van der Waals surface area contributed by atoms with Crippen molar-refractivity contribution >= 4 is 29.1 Å². The molecule has 0 spiro atoms. The maximum Gasteiger partial charge on any atom is 0.287 e. The van der Waals surface area contributed by atoms with Gasteiger partial charge in [0.2, 0.25) is 0 Å². The van der Waals surface area contributed by atoms with E-state index in [9.17, 15) is 4.79 Å². The first kappa shape index (κ1) is 12.8.